The number of thiazole rings is 1. The van der Waals surface area contributed by atoms with Gasteiger partial charge in [-0.05, 0) is 41.7 Å². The van der Waals surface area contributed by atoms with Gasteiger partial charge in [0.25, 0.3) is 11.2 Å². The van der Waals surface area contributed by atoms with Gasteiger partial charge in [-0.3, -0.25) is 24.3 Å². The van der Waals surface area contributed by atoms with E-state index in [1.807, 2.05) is 26.0 Å². The van der Waals surface area contributed by atoms with Gasteiger partial charge in [-0.2, -0.15) is 0 Å². The number of Topliss-reactive ketones (excluding diaryl/α,β-unsaturated/α-hetero) is 1. The number of ketones is 1. The number of hydrogen-bond donors (Lipinski definition) is 0. The number of methoxy groups -OCH3 is 1. The molecule has 0 amide bonds. The van der Waals surface area contributed by atoms with Crippen LogP contribution >= 0.6 is 11.3 Å². The maximum atomic E-state index is 13.7. The molecule has 0 bridgehead atoms. The van der Waals surface area contributed by atoms with Gasteiger partial charge in [0.1, 0.15) is 11.8 Å². The molecule has 0 N–H and O–H groups in total. The van der Waals surface area contributed by atoms with Gasteiger partial charge >= 0.3 is 0 Å². The third-order valence-corrected chi connectivity index (χ3v) is 7.32. The number of rotatable bonds is 4. The molecule has 0 saturated heterocycles. The Hall–Kier alpha value is -3.85. The lowest BCUT2D eigenvalue weighted by molar-refractivity contribution is -0.385. The van der Waals surface area contributed by atoms with E-state index in [1.54, 1.807) is 43.5 Å². The van der Waals surface area contributed by atoms with Crippen molar-refractivity contribution in [3.05, 3.63) is 101 Å². The van der Waals surface area contributed by atoms with Gasteiger partial charge in [-0.15, -0.1) is 0 Å². The normalized spacial score (nSPS) is 19.1. The summed E-state index contributed by atoms with van der Waals surface area (Å²) in [6, 6.07) is 12.7. The predicted molar refractivity (Wildman–Crippen MR) is 132 cm³/mol. The van der Waals surface area contributed by atoms with Crippen molar-refractivity contribution in [3.63, 3.8) is 0 Å². The summed E-state index contributed by atoms with van der Waals surface area (Å²) in [7, 11) is 1.58. The standard InChI is InChI=1S/C26H23N3O5S/c1-26(2)13-18-22(20(30)14-26)23(17-6-4-5-7-19(17)29(32)33)28-24(31)21(35-25(28)27-18)12-15-8-10-16(34-3)11-9-15/h4-12,23H,13-14H2,1-3H3. The molecule has 1 aromatic heterocycles. The van der Waals surface area contributed by atoms with Crippen LogP contribution in [0.5, 0.6) is 5.75 Å². The summed E-state index contributed by atoms with van der Waals surface area (Å²) in [6.07, 6.45) is 2.60. The van der Waals surface area contributed by atoms with Gasteiger partial charge < -0.3 is 4.74 Å². The summed E-state index contributed by atoms with van der Waals surface area (Å²) < 4.78 is 7.08. The number of hydrogen-bond acceptors (Lipinski definition) is 7. The van der Waals surface area contributed by atoms with Crippen molar-refractivity contribution in [3.8, 4) is 5.75 Å². The molecule has 1 atom stereocenters. The first-order chi connectivity index (χ1) is 16.7. The van der Waals surface area contributed by atoms with Crippen LogP contribution in [0, 0.1) is 15.5 Å². The van der Waals surface area contributed by atoms with Crippen molar-refractivity contribution in [2.24, 2.45) is 10.4 Å². The number of fused-ring (bicyclic) bond motifs is 1. The zero-order valence-electron chi connectivity index (χ0n) is 19.5. The van der Waals surface area contributed by atoms with Crippen LogP contribution in [0.4, 0.5) is 5.69 Å². The summed E-state index contributed by atoms with van der Waals surface area (Å²) in [6.45, 7) is 4.01. The molecule has 178 valence electrons. The Balaban J connectivity index is 1.78. The fourth-order valence-electron chi connectivity index (χ4n) is 4.78. The Morgan fingerprint density at radius 2 is 1.86 bits per heavy atom. The highest BCUT2D eigenvalue weighted by Crippen LogP contribution is 2.44. The Morgan fingerprint density at radius 3 is 2.54 bits per heavy atom. The lowest BCUT2D eigenvalue weighted by atomic mass is 9.73. The molecule has 5 rings (SSSR count). The molecule has 8 nitrogen and oxygen atoms in total. The minimum absolute atomic E-state index is 0.131. The maximum Gasteiger partial charge on any atom is 0.275 e. The number of carbonyl (C=O) groups is 1. The smallest absolute Gasteiger partial charge is 0.275 e. The van der Waals surface area contributed by atoms with Crippen LogP contribution in [0.15, 0.2) is 69.6 Å². The van der Waals surface area contributed by atoms with Gasteiger partial charge in [0, 0.05) is 18.1 Å². The van der Waals surface area contributed by atoms with E-state index in [2.05, 4.69) is 0 Å². The summed E-state index contributed by atoms with van der Waals surface area (Å²) in [5.41, 5.74) is 1.34. The highest BCUT2D eigenvalue weighted by molar-refractivity contribution is 7.07. The number of nitro groups is 1. The molecule has 0 radical (unpaired) electrons. The number of aromatic nitrogens is 1. The molecule has 9 heteroatoms. The van der Waals surface area contributed by atoms with Crippen molar-refractivity contribution < 1.29 is 14.5 Å². The molecule has 0 fully saturated rings. The molecule has 2 heterocycles. The maximum absolute atomic E-state index is 13.7. The van der Waals surface area contributed by atoms with Crippen LogP contribution in [0.25, 0.3) is 6.08 Å². The predicted octanol–water partition coefficient (Wildman–Crippen LogP) is 3.52. The largest absolute Gasteiger partial charge is 0.497 e. The third kappa shape index (κ3) is 4.01. The van der Waals surface area contributed by atoms with Crippen LogP contribution < -0.4 is 19.6 Å². The zero-order valence-corrected chi connectivity index (χ0v) is 20.3. The van der Waals surface area contributed by atoms with Crippen LogP contribution in [-0.4, -0.2) is 22.4 Å². The lowest BCUT2D eigenvalue weighted by Gasteiger charge is -2.35. The molecule has 3 aromatic rings. The molecule has 0 spiro atoms. The Bertz CT molecular complexity index is 1580. The third-order valence-electron chi connectivity index (χ3n) is 6.34. The Kier molecular flexibility index (Phi) is 5.52. The van der Waals surface area contributed by atoms with Crippen LogP contribution in [0.2, 0.25) is 0 Å². The number of nitro benzene ring substituents is 1. The van der Waals surface area contributed by atoms with Crippen molar-refractivity contribution in [2.45, 2.75) is 32.7 Å². The van der Waals surface area contributed by atoms with E-state index in [4.69, 9.17) is 9.73 Å². The van der Waals surface area contributed by atoms with Gasteiger partial charge in [0.2, 0.25) is 0 Å². The Morgan fingerprint density at radius 1 is 1.14 bits per heavy atom. The number of nitrogens with zero attached hydrogens (tertiary/aromatic N) is 3. The highest BCUT2D eigenvalue weighted by Gasteiger charge is 2.42. The first-order valence-electron chi connectivity index (χ1n) is 11.1. The number of allylic oxidation sites excluding steroid dienone is 2. The molecule has 2 aliphatic rings. The average molecular weight is 490 g/mol. The molecule has 35 heavy (non-hydrogen) atoms. The van der Waals surface area contributed by atoms with E-state index in [9.17, 15) is 19.7 Å². The fourth-order valence-corrected chi connectivity index (χ4v) is 5.80. The highest BCUT2D eigenvalue weighted by atomic mass is 32.1. The number of benzene rings is 2. The summed E-state index contributed by atoms with van der Waals surface area (Å²) >= 11 is 1.22. The molecule has 1 aliphatic heterocycles. The first-order valence-corrected chi connectivity index (χ1v) is 12.0. The molecule has 1 unspecified atom stereocenters. The van der Waals surface area contributed by atoms with Crippen LogP contribution in [-0.2, 0) is 4.79 Å². The van der Waals surface area contributed by atoms with Crippen molar-refractivity contribution in [1.82, 2.24) is 4.57 Å². The summed E-state index contributed by atoms with van der Waals surface area (Å²) in [5, 5.41) is 11.9. The lowest BCUT2D eigenvalue weighted by Crippen LogP contribution is -2.42. The second-order valence-corrected chi connectivity index (χ2v) is 10.5. The van der Waals surface area contributed by atoms with E-state index in [-0.39, 0.29) is 28.9 Å². The molecule has 1 aliphatic carbocycles. The van der Waals surface area contributed by atoms with E-state index in [0.29, 0.717) is 38.3 Å². The monoisotopic (exact) mass is 489 g/mol. The SMILES string of the molecule is COc1ccc(C=c2sc3n(c2=O)C(c2ccccc2[N+](=O)[O-])C2=C(CC(C)(C)CC2=O)N=3)cc1. The van der Waals surface area contributed by atoms with E-state index < -0.39 is 11.0 Å². The van der Waals surface area contributed by atoms with Crippen LogP contribution in [0.3, 0.4) is 0 Å². The molecule has 2 aromatic carbocycles. The van der Waals surface area contributed by atoms with E-state index in [0.717, 1.165) is 5.56 Å². The first kappa shape index (κ1) is 22.9. The molecule has 0 saturated carbocycles. The minimum atomic E-state index is -0.899. The number of carbonyl (C=O) groups excluding carboxylic acids is 1. The quantitative estimate of drug-likeness (QED) is 0.412. The Labute approximate surface area is 204 Å². The van der Waals surface area contributed by atoms with Gasteiger partial charge in [0.15, 0.2) is 10.6 Å². The summed E-state index contributed by atoms with van der Waals surface area (Å²) in [4.78, 5) is 43.6. The molecular weight excluding hydrogens is 466 g/mol. The zero-order chi connectivity index (χ0) is 24.9. The number of ether oxygens (including phenoxy) is 1. The second kappa shape index (κ2) is 8.42. The fraction of sp³-hybridized carbons (Fsp3) is 0.269. The minimum Gasteiger partial charge on any atom is -0.497 e. The summed E-state index contributed by atoms with van der Waals surface area (Å²) in [5.74, 6) is 0.571. The van der Waals surface area contributed by atoms with Gasteiger partial charge in [0.05, 0.1) is 27.8 Å². The number of para-hydroxylation sites is 1. The topological polar surface area (TPSA) is 104 Å². The average Bonchev–Trinajstić information content (AvgIpc) is 3.12. The van der Waals surface area contributed by atoms with Gasteiger partial charge in [-0.1, -0.05) is 49.4 Å². The molecular formula is C26H23N3O5S. The van der Waals surface area contributed by atoms with Gasteiger partial charge in [-0.25, -0.2) is 4.99 Å². The van der Waals surface area contributed by atoms with Crippen molar-refractivity contribution in [1.29, 1.82) is 0 Å². The van der Waals surface area contributed by atoms with Crippen molar-refractivity contribution >= 4 is 28.9 Å². The van der Waals surface area contributed by atoms with E-state index >= 15 is 0 Å². The second-order valence-electron chi connectivity index (χ2n) is 9.47. The van der Waals surface area contributed by atoms with Crippen LogP contribution in [0.1, 0.15) is 43.9 Å². The van der Waals surface area contributed by atoms with Crippen molar-refractivity contribution in [2.75, 3.05) is 7.11 Å². The van der Waals surface area contributed by atoms with E-state index in [1.165, 1.54) is 22.0 Å².